The van der Waals surface area contributed by atoms with Crippen molar-refractivity contribution >= 4 is 16.9 Å². The third kappa shape index (κ3) is 2.44. The fraction of sp³-hybridized carbons (Fsp3) is 0.421. The number of aryl methyl sites for hydroxylation is 1. The number of benzene rings is 1. The predicted molar refractivity (Wildman–Crippen MR) is 94.4 cm³/mol. The van der Waals surface area contributed by atoms with Gasteiger partial charge in [-0.25, -0.2) is 4.98 Å². The average Bonchev–Trinajstić information content (AvgIpc) is 3.07. The van der Waals surface area contributed by atoms with Crippen LogP contribution in [-0.4, -0.2) is 37.5 Å². The van der Waals surface area contributed by atoms with Gasteiger partial charge in [-0.05, 0) is 50.3 Å². The first kappa shape index (κ1) is 14.7. The highest BCUT2D eigenvalue weighted by atomic mass is 16.2. The van der Waals surface area contributed by atoms with Crippen molar-refractivity contribution in [1.29, 1.82) is 0 Å². The molecule has 6 nitrogen and oxygen atoms in total. The summed E-state index contributed by atoms with van der Waals surface area (Å²) in [6.07, 6.45) is 4.32. The number of carbonyl (C=O) groups excluding carboxylic acids is 1. The maximum atomic E-state index is 13.0. The van der Waals surface area contributed by atoms with Crippen molar-refractivity contribution in [3.05, 3.63) is 47.0 Å². The van der Waals surface area contributed by atoms with Crippen molar-refractivity contribution in [2.45, 2.75) is 44.6 Å². The summed E-state index contributed by atoms with van der Waals surface area (Å²) in [7, 11) is 0. The molecule has 1 aliphatic heterocycles. The number of carbonyl (C=O) groups is 1. The zero-order chi connectivity index (χ0) is 17.0. The molecule has 3 heterocycles. The first-order valence-electron chi connectivity index (χ1n) is 9.02. The lowest BCUT2D eigenvalue weighted by Gasteiger charge is -2.22. The molecule has 3 aromatic rings. The number of hydrogen-bond acceptors (Lipinski definition) is 3. The highest BCUT2D eigenvalue weighted by molar-refractivity contribution is 5.93. The Balaban J connectivity index is 1.45. The highest BCUT2D eigenvalue weighted by Gasteiger charge is 2.34. The summed E-state index contributed by atoms with van der Waals surface area (Å²) in [4.78, 5) is 23.1. The molecule has 1 saturated carbocycles. The largest absolute Gasteiger partial charge is 0.340 e. The highest BCUT2D eigenvalue weighted by Crippen LogP contribution is 2.39. The standard InChI is InChI=1S/C19H21N5O/c1-11-4-2-5-13-17(11)21-18(20-13)16-6-3-9-24(16)19(25)15-10-14(22-23-15)12-7-8-12/h2,4-5,10,12,16H,3,6-9H2,1H3,(H,20,21)(H,22,23)/t16-/m1/s1. The summed E-state index contributed by atoms with van der Waals surface area (Å²) in [5, 5.41) is 7.29. The van der Waals surface area contributed by atoms with Gasteiger partial charge < -0.3 is 9.88 Å². The molecule has 1 aliphatic carbocycles. The van der Waals surface area contributed by atoms with Gasteiger partial charge in [0.15, 0.2) is 0 Å². The van der Waals surface area contributed by atoms with Gasteiger partial charge in [0.1, 0.15) is 11.5 Å². The molecule has 1 aromatic carbocycles. The molecule has 0 unspecified atom stereocenters. The molecule has 1 amide bonds. The molecule has 1 atom stereocenters. The number of nitrogens with one attached hydrogen (secondary N) is 2. The van der Waals surface area contributed by atoms with Gasteiger partial charge in [-0.1, -0.05) is 12.1 Å². The molecule has 6 heteroatoms. The van der Waals surface area contributed by atoms with Crippen molar-refractivity contribution in [2.24, 2.45) is 0 Å². The van der Waals surface area contributed by atoms with Crippen LogP contribution in [0.25, 0.3) is 11.0 Å². The molecule has 1 saturated heterocycles. The SMILES string of the molecule is Cc1cccc2[nH]c([C@H]3CCCN3C(=O)c3cc(C4CC4)[nH]n3)nc12. The fourth-order valence-electron chi connectivity index (χ4n) is 3.84. The molecule has 128 valence electrons. The molecule has 5 rings (SSSR count). The lowest BCUT2D eigenvalue weighted by atomic mass is 10.2. The van der Waals surface area contributed by atoms with Crippen LogP contribution in [0.15, 0.2) is 24.3 Å². The molecule has 0 spiro atoms. The number of hydrogen-bond donors (Lipinski definition) is 2. The first-order chi connectivity index (χ1) is 12.2. The molecule has 2 fully saturated rings. The van der Waals surface area contributed by atoms with Crippen LogP contribution in [0.2, 0.25) is 0 Å². The second-order valence-corrected chi connectivity index (χ2v) is 7.23. The van der Waals surface area contributed by atoms with Gasteiger partial charge in [-0.15, -0.1) is 0 Å². The Bertz CT molecular complexity index is 952. The van der Waals surface area contributed by atoms with Crippen molar-refractivity contribution in [1.82, 2.24) is 25.1 Å². The Labute approximate surface area is 145 Å². The second kappa shape index (κ2) is 5.44. The minimum Gasteiger partial charge on any atom is -0.340 e. The van der Waals surface area contributed by atoms with E-state index >= 15 is 0 Å². The van der Waals surface area contributed by atoms with E-state index < -0.39 is 0 Å². The van der Waals surface area contributed by atoms with Crippen molar-refractivity contribution < 1.29 is 4.79 Å². The summed E-state index contributed by atoms with van der Waals surface area (Å²) in [5.41, 5.74) is 4.80. The van der Waals surface area contributed by atoms with Crippen LogP contribution in [0.3, 0.4) is 0 Å². The van der Waals surface area contributed by atoms with Gasteiger partial charge >= 0.3 is 0 Å². The first-order valence-corrected chi connectivity index (χ1v) is 9.02. The van der Waals surface area contributed by atoms with E-state index in [0.29, 0.717) is 11.6 Å². The number of likely N-dealkylation sites (tertiary alicyclic amines) is 1. The normalized spacial score (nSPS) is 20.5. The Morgan fingerprint density at radius 1 is 1.28 bits per heavy atom. The van der Waals surface area contributed by atoms with Crippen LogP contribution in [0.4, 0.5) is 0 Å². The van der Waals surface area contributed by atoms with Crippen LogP contribution < -0.4 is 0 Å². The van der Waals surface area contributed by atoms with Gasteiger partial charge in [0.05, 0.1) is 17.1 Å². The van der Waals surface area contributed by atoms with E-state index in [1.807, 2.05) is 23.1 Å². The zero-order valence-electron chi connectivity index (χ0n) is 14.2. The number of fused-ring (bicyclic) bond motifs is 1. The average molecular weight is 335 g/mol. The van der Waals surface area contributed by atoms with Gasteiger partial charge in [0.25, 0.3) is 5.91 Å². The lowest BCUT2D eigenvalue weighted by molar-refractivity contribution is 0.0724. The molecule has 0 bridgehead atoms. The van der Waals surface area contributed by atoms with Crippen LogP contribution in [-0.2, 0) is 0 Å². The zero-order valence-corrected chi connectivity index (χ0v) is 14.2. The number of amides is 1. The number of imidazole rings is 1. The Kier molecular flexibility index (Phi) is 3.20. The van der Waals surface area contributed by atoms with Crippen LogP contribution in [0, 0.1) is 6.92 Å². The smallest absolute Gasteiger partial charge is 0.274 e. The van der Waals surface area contributed by atoms with Crippen LogP contribution >= 0.6 is 0 Å². The Morgan fingerprint density at radius 3 is 2.96 bits per heavy atom. The molecule has 2 aliphatic rings. The van der Waals surface area contributed by atoms with Crippen molar-refractivity contribution in [2.75, 3.05) is 6.54 Å². The van der Waals surface area contributed by atoms with E-state index in [4.69, 9.17) is 4.98 Å². The van der Waals surface area contributed by atoms with Crippen molar-refractivity contribution in [3.8, 4) is 0 Å². The van der Waals surface area contributed by atoms with E-state index in [1.54, 1.807) is 0 Å². The molecule has 2 aromatic heterocycles. The predicted octanol–water partition coefficient (Wildman–Crippen LogP) is 3.45. The number of H-pyrrole nitrogens is 2. The maximum Gasteiger partial charge on any atom is 0.274 e. The number of rotatable bonds is 3. The summed E-state index contributed by atoms with van der Waals surface area (Å²) in [6.45, 7) is 2.82. The second-order valence-electron chi connectivity index (χ2n) is 7.23. The Hall–Kier alpha value is -2.63. The quantitative estimate of drug-likeness (QED) is 0.769. The number of aromatic nitrogens is 4. The van der Waals surface area contributed by atoms with Gasteiger partial charge in [0.2, 0.25) is 0 Å². The molecular formula is C19H21N5O. The fourth-order valence-corrected chi connectivity index (χ4v) is 3.84. The number of nitrogens with zero attached hydrogens (tertiary/aromatic N) is 3. The Morgan fingerprint density at radius 2 is 2.16 bits per heavy atom. The monoisotopic (exact) mass is 335 g/mol. The maximum absolute atomic E-state index is 13.0. The van der Waals surface area contributed by atoms with E-state index in [-0.39, 0.29) is 11.9 Å². The minimum absolute atomic E-state index is 0.000347. The van der Waals surface area contributed by atoms with E-state index in [9.17, 15) is 4.79 Å². The van der Waals surface area contributed by atoms with Crippen LogP contribution in [0.5, 0.6) is 0 Å². The molecule has 0 radical (unpaired) electrons. The topological polar surface area (TPSA) is 77.7 Å². The van der Waals surface area contributed by atoms with Gasteiger partial charge in [-0.2, -0.15) is 5.10 Å². The molecule has 2 N–H and O–H groups in total. The van der Waals surface area contributed by atoms with Gasteiger partial charge in [-0.3, -0.25) is 9.89 Å². The number of aromatic amines is 2. The molecule has 25 heavy (non-hydrogen) atoms. The minimum atomic E-state index is 0.000347. The van der Waals surface area contributed by atoms with Crippen LogP contribution in [0.1, 0.15) is 65.2 Å². The summed E-state index contributed by atoms with van der Waals surface area (Å²) in [6, 6.07) is 8.06. The third-order valence-corrected chi connectivity index (χ3v) is 5.40. The number of para-hydroxylation sites is 1. The van der Waals surface area contributed by atoms with Gasteiger partial charge in [0, 0.05) is 18.2 Å². The van der Waals surface area contributed by atoms with E-state index in [0.717, 1.165) is 47.5 Å². The van der Waals surface area contributed by atoms with E-state index in [2.05, 4.69) is 28.2 Å². The summed E-state index contributed by atoms with van der Waals surface area (Å²) < 4.78 is 0. The lowest BCUT2D eigenvalue weighted by Crippen LogP contribution is -2.31. The third-order valence-electron chi connectivity index (χ3n) is 5.40. The summed E-state index contributed by atoms with van der Waals surface area (Å²) in [5.74, 6) is 1.46. The van der Waals surface area contributed by atoms with Crippen molar-refractivity contribution in [3.63, 3.8) is 0 Å². The van der Waals surface area contributed by atoms with E-state index in [1.165, 1.54) is 12.8 Å². The molecular weight excluding hydrogens is 314 g/mol. The summed E-state index contributed by atoms with van der Waals surface area (Å²) >= 11 is 0.